The van der Waals surface area contributed by atoms with Crippen LogP contribution >= 0.6 is 0 Å². The van der Waals surface area contributed by atoms with Gasteiger partial charge in [-0.25, -0.2) is 17.1 Å². The van der Waals surface area contributed by atoms with Crippen LogP contribution in [-0.2, 0) is 15.8 Å². The van der Waals surface area contributed by atoms with Crippen LogP contribution in [0.25, 0.3) is 0 Å². The topological polar surface area (TPSA) is 49.4 Å². The molecule has 0 radical (unpaired) electrons. The first-order valence-electron chi connectivity index (χ1n) is 5.79. The van der Waals surface area contributed by atoms with E-state index in [1.54, 1.807) is 7.05 Å². The summed E-state index contributed by atoms with van der Waals surface area (Å²) in [5, 5.41) is 2.97. The molecule has 0 aliphatic rings. The lowest BCUT2D eigenvalue weighted by atomic mass is 10.2. The zero-order chi connectivity index (χ0) is 13.6. The van der Waals surface area contributed by atoms with E-state index in [1.807, 2.05) is 7.05 Å². The first kappa shape index (κ1) is 15.1. The standard InChI is InChI=1S/C12H19FN2O2S/c1-14-8-3-9-15(2)18(16,17)10-11-4-6-12(13)7-5-11/h4-7,14H,3,8-10H2,1-2H3. The minimum absolute atomic E-state index is 0.0939. The van der Waals surface area contributed by atoms with Gasteiger partial charge in [-0.15, -0.1) is 0 Å². The SMILES string of the molecule is CNCCCN(C)S(=O)(=O)Cc1ccc(F)cc1. The van der Waals surface area contributed by atoms with E-state index in [1.165, 1.54) is 28.6 Å². The van der Waals surface area contributed by atoms with Crippen LogP contribution in [0.15, 0.2) is 24.3 Å². The van der Waals surface area contributed by atoms with Crippen molar-refractivity contribution in [2.24, 2.45) is 0 Å². The zero-order valence-electron chi connectivity index (χ0n) is 10.7. The predicted octanol–water partition coefficient (Wildman–Crippen LogP) is 1.20. The van der Waals surface area contributed by atoms with Gasteiger partial charge in [0, 0.05) is 13.6 Å². The average Bonchev–Trinajstić information content (AvgIpc) is 2.32. The quantitative estimate of drug-likeness (QED) is 0.760. The van der Waals surface area contributed by atoms with Crippen molar-refractivity contribution in [3.8, 4) is 0 Å². The number of benzene rings is 1. The Balaban J connectivity index is 2.60. The maximum atomic E-state index is 12.7. The number of hydrogen-bond acceptors (Lipinski definition) is 3. The fourth-order valence-electron chi connectivity index (χ4n) is 1.52. The molecule has 0 aromatic heterocycles. The Bertz CT molecular complexity index is 459. The van der Waals surface area contributed by atoms with Gasteiger partial charge in [-0.2, -0.15) is 0 Å². The summed E-state index contributed by atoms with van der Waals surface area (Å²) >= 11 is 0. The van der Waals surface area contributed by atoms with E-state index in [0.29, 0.717) is 12.1 Å². The lowest BCUT2D eigenvalue weighted by molar-refractivity contribution is 0.457. The van der Waals surface area contributed by atoms with E-state index in [0.717, 1.165) is 13.0 Å². The molecular weight excluding hydrogens is 255 g/mol. The van der Waals surface area contributed by atoms with Crippen molar-refractivity contribution in [1.29, 1.82) is 0 Å². The van der Waals surface area contributed by atoms with Crippen LogP contribution in [0.1, 0.15) is 12.0 Å². The minimum Gasteiger partial charge on any atom is -0.320 e. The molecule has 1 aromatic rings. The third-order valence-corrected chi connectivity index (χ3v) is 4.47. The Hall–Kier alpha value is -0.980. The van der Waals surface area contributed by atoms with Gasteiger partial charge in [-0.05, 0) is 37.7 Å². The fraction of sp³-hybridized carbons (Fsp3) is 0.500. The second-order valence-electron chi connectivity index (χ2n) is 4.16. The van der Waals surface area contributed by atoms with Crippen LogP contribution in [0.3, 0.4) is 0 Å². The van der Waals surface area contributed by atoms with Crippen molar-refractivity contribution in [2.75, 3.05) is 27.2 Å². The van der Waals surface area contributed by atoms with Crippen molar-refractivity contribution in [3.63, 3.8) is 0 Å². The Morgan fingerprint density at radius 3 is 2.44 bits per heavy atom. The fourth-order valence-corrected chi connectivity index (χ4v) is 2.76. The maximum absolute atomic E-state index is 12.7. The number of nitrogens with zero attached hydrogens (tertiary/aromatic N) is 1. The second kappa shape index (κ2) is 6.82. The molecule has 0 atom stereocenters. The first-order chi connectivity index (χ1) is 8.45. The maximum Gasteiger partial charge on any atom is 0.218 e. The number of rotatable bonds is 7. The molecule has 6 heteroatoms. The number of nitrogens with one attached hydrogen (secondary N) is 1. The van der Waals surface area contributed by atoms with E-state index in [9.17, 15) is 12.8 Å². The van der Waals surface area contributed by atoms with Crippen LogP contribution in [0.4, 0.5) is 4.39 Å². The minimum atomic E-state index is -3.32. The molecule has 0 unspecified atom stereocenters. The van der Waals surface area contributed by atoms with Crippen molar-refractivity contribution in [2.45, 2.75) is 12.2 Å². The predicted molar refractivity (Wildman–Crippen MR) is 70.2 cm³/mol. The van der Waals surface area contributed by atoms with E-state index < -0.39 is 10.0 Å². The molecule has 0 aliphatic carbocycles. The van der Waals surface area contributed by atoms with Crippen LogP contribution in [0, 0.1) is 5.82 Å². The normalized spacial score (nSPS) is 12.0. The van der Waals surface area contributed by atoms with Gasteiger partial charge in [0.25, 0.3) is 0 Å². The summed E-state index contributed by atoms with van der Waals surface area (Å²) in [6.45, 7) is 1.25. The molecule has 102 valence electrons. The second-order valence-corrected chi connectivity index (χ2v) is 6.24. The summed E-state index contributed by atoms with van der Waals surface area (Å²) in [6, 6.07) is 5.53. The third kappa shape index (κ3) is 4.72. The number of halogens is 1. The third-order valence-electron chi connectivity index (χ3n) is 2.64. The van der Waals surface area contributed by atoms with Crippen molar-refractivity contribution in [3.05, 3.63) is 35.6 Å². The summed E-state index contributed by atoms with van der Waals surface area (Å²) in [7, 11) is 0.0669. The van der Waals surface area contributed by atoms with Gasteiger partial charge >= 0.3 is 0 Å². The number of sulfonamides is 1. The summed E-state index contributed by atoms with van der Waals surface area (Å²) in [5.41, 5.74) is 0.594. The molecule has 0 amide bonds. The molecule has 0 aliphatic heterocycles. The van der Waals surface area contributed by atoms with E-state index in [-0.39, 0.29) is 11.6 Å². The van der Waals surface area contributed by atoms with Gasteiger partial charge < -0.3 is 5.32 Å². The molecule has 0 saturated heterocycles. The molecule has 0 spiro atoms. The Morgan fingerprint density at radius 2 is 1.89 bits per heavy atom. The van der Waals surface area contributed by atoms with Crippen molar-refractivity contribution >= 4 is 10.0 Å². The van der Waals surface area contributed by atoms with Crippen LogP contribution < -0.4 is 5.32 Å². The van der Waals surface area contributed by atoms with Crippen molar-refractivity contribution < 1.29 is 12.8 Å². The smallest absolute Gasteiger partial charge is 0.218 e. The highest BCUT2D eigenvalue weighted by Crippen LogP contribution is 2.10. The summed E-state index contributed by atoms with van der Waals surface area (Å²) < 4.78 is 38.0. The molecule has 0 saturated carbocycles. The van der Waals surface area contributed by atoms with E-state index in [4.69, 9.17) is 0 Å². The zero-order valence-corrected chi connectivity index (χ0v) is 11.5. The molecule has 0 bridgehead atoms. The van der Waals surface area contributed by atoms with Crippen molar-refractivity contribution in [1.82, 2.24) is 9.62 Å². The van der Waals surface area contributed by atoms with E-state index >= 15 is 0 Å². The molecular formula is C12H19FN2O2S. The van der Waals surface area contributed by atoms with Gasteiger partial charge in [0.15, 0.2) is 0 Å². The van der Waals surface area contributed by atoms with Gasteiger partial charge in [0.2, 0.25) is 10.0 Å². The van der Waals surface area contributed by atoms with Crippen LogP contribution in [0.5, 0.6) is 0 Å². The average molecular weight is 274 g/mol. The summed E-state index contributed by atoms with van der Waals surface area (Å²) in [5.74, 6) is -0.456. The molecule has 1 N–H and O–H groups in total. The van der Waals surface area contributed by atoms with Gasteiger partial charge in [0.05, 0.1) is 5.75 Å². The van der Waals surface area contributed by atoms with Gasteiger partial charge in [-0.1, -0.05) is 12.1 Å². The van der Waals surface area contributed by atoms with Crippen LogP contribution in [0.2, 0.25) is 0 Å². The first-order valence-corrected chi connectivity index (χ1v) is 7.39. The van der Waals surface area contributed by atoms with Gasteiger partial charge in [-0.3, -0.25) is 0 Å². The highest BCUT2D eigenvalue weighted by Gasteiger charge is 2.17. The molecule has 0 fully saturated rings. The largest absolute Gasteiger partial charge is 0.320 e. The monoisotopic (exact) mass is 274 g/mol. The lowest BCUT2D eigenvalue weighted by Crippen LogP contribution is -2.30. The Kier molecular flexibility index (Phi) is 5.71. The van der Waals surface area contributed by atoms with E-state index in [2.05, 4.69) is 5.32 Å². The van der Waals surface area contributed by atoms with Crippen LogP contribution in [-0.4, -0.2) is 39.9 Å². The Labute approximate surface area is 108 Å². The van der Waals surface area contributed by atoms with Gasteiger partial charge in [0.1, 0.15) is 5.82 Å². The summed E-state index contributed by atoms with van der Waals surface area (Å²) in [6.07, 6.45) is 0.760. The lowest BCUT2D eigenvalue weighted by Gasteiger charge is -2.17. The molecule has 1 rings (SSSR count). The molecule has 4 nitrogen and oxygen atoms in total. The number of hydrogen-bond donors (Lipinski definition) is 1. The molecule has 1 aromatic carbocycles. The highest BCUT2D eigenvalue weighted by molar-refractivity contribution is 7.88. The Morgan fingerprint density at radius 1 is 1.28 bits per heavy atom. The molecule has 18 heavy (non-hydrogen) atoms. The highest BCUT2D eigenvalue weighted by atomic mass is 32.2. The summed E-state index contributed by atoms with van der Waals surface area (Å²) in [4.78, 5) is 0. The molecule has 0 heterocycles.